The van der Waals surface area contributed by atoms with Gasteiger partial charge in [-0.25, -0.2) is 0 Å². The Balaban J connectivity index is 3.40. The summed E-state index contributed by atoms with van der Waals surface area (Å²) in [6, 6.07) is 0. The summed E-state index contributed by atoms with van der Waals surface area (Å²) in [4.78, 5) is 24.4. The predicted molar refractivity (Wildman–Crippen MR) is 252 cm³/mol. The SMILES string of the molecule is CCCCCCCCCCCCCCCCCCCCCCCCCCCCC(=O)OC(CO)COC(=O)CCCCCCCCCCCCCCCCCCCC. The Morgan fingerprint density at radius 3 is 0.759 bits per heavy atom. The van der Waals surface area contributed by atoms with Crippen LogP contribution in [0.25, 0.3) is 0 Å². The van der Waals surface area contributed by atoms with Crippen LogP contribution in [0.3, 0.4) is 0 Å². The second-order valence-electron chi connectivity index (χ2n) is 18.3. The topological polar surface area (TPSA) is 72.8 Å². The van der Waals surface area contributed by atoms with Crippen molar-refractivity contribution in [2.24, 2.45) is 0 Å². The third-order valence-electron chi connectivity index (χ3n) is 12.4. The Morgan fingerprint density at radius 1 is 0.328 bits per heavy atom. The second-order valence-corrected chi connectivity index (χ2v) is 18.3. The molecule has 0 radical (unpaired) electrons. The minimum Gasteiger partial charge on any atom is -0.462 e. The molecule has 0 rings (SSSR count). The van der Waals surface area contributed by atoms with Gasteiger partial charge in [-0.3, -0.25) is 9.59 Å². The molecule has 346 valence electrons. The van der Waals surface area contributed by atoms with Crippen molar-refractivity contribution in [2.45, 2.75) is 315 Å². The summed E-state index contributed by atoms with van der Waals surface area (Å²) in [5.41, 5.74) is 0. The fraction of sp³-hybridized carbons (Fsp3) is 0.962. The van der Waals surface area contributed by atoms with Gasteiger partial charge in [-0.15, -0.1) is 0 Å². The first-order chi connectivity index (χ1) is 28.6. The minimum atomic E-state index is -0.763. The average Bonchev–Trinajstić information content (AvgIpc) is 3.23. The first kappa shape index (κ1) is 56.9. The highest BCUT2D eigenvalue weighted by atomic mass is 16.6. The monoisotopic (exact) mass is 821 g/mol. The Labute approximate surface area is 363 Å². The molecule has 0 aromatic carbocycles. The molecule has 1 atom stereocenters. The Bertz CT molecular complexity index is 799. The molecule has 58 heavy (non-hydrogen) atoms. The normalized spacial score (nSPS) is 12.0. The molecular formula is C53H104O5. The molecule has 0 aliphatic heterocycles. The number of aliphatic hydroxyl groups excluding tert-OH is 1. The molecule has 0 saturated heterocycles. The number of esters is 2. The van der Waals surface area contributed by atoms with E-state index in [1.807, 2.05) is 0 Å². The maximum absolute atomic E-state index is 12.3. The maximum Gasteiger partial charge on any atom is 0.306 e. The van der Waals surface area contributed by atoms with Gasteiger partial charge in [0.15, 0.2) is 6.10 Å². The van der Waals surface area contributed by atoms with Crippen LogP contribution in [0.2, 0.25) is 0 Å². The van der Waals surface area contributed by atoms with Gasteiger partial charge >= 0.3 is 11.9 Å². The standard InChI is InChI=1S/C53H104O5/c1-3-5-7-9-11-13-15-17-19-21-23-24-25-26-27-28-29-30-32-34-36-38-40-42-44-46-48-53(56)58-51(49-54)50-57-52(55)47-45-43-41-39-37-35-33-31-22-20-18-16-14-12-10-8-6-4-2/h51,54H,3-50H2,1-2H3. The molecule has 0 aromatic rings. The van der Waals surface area contributed by atoms with E-state index in [0.29, 0.717) is 12.8 Å². The van der Waals surface area contributed by atoms with E-state index in [-0.39, 0.29) is 25.2 Å². The summed E-state index contributed by atoms with van der Waals surface area (Å²) in [6.45, 7) is 4.20. The zero-order valence-corrected chi connectivity index (χ0v) is 39.6. The van der Waals surface area contributed by atoms with Gasteiger partial charge in [0.2, 0.25) is 0 Å². The van der Waals surface area contributed by atoms with Crippen molar-refractivity contribution in [2.75, 3.05) is 13.2 Å². The number of carbonyl (C=O) groups is 2. The van der Waals surface area contributed by atoms with Crippen LogP contribution in [0.15, 0.2) is 0 Å². The van der Waals surface area contributed by atoms with Gasteiger partial charge in [-0.2, -0.15) is 0 Å². The van der Waals surface area contributed by atoms with Crippen LogP contribution in [-0.2, 0) is 19.1 Å². The average molecular weight is 821 g/mol. The van der Waals surface area contributed by atoms with Crippen molar-refractivity contribution in [1.29, 1.82) is 0 Å². The Hall–Kier alpha value is -1.10. The van der Waals surface area contributed by atoms with E-state index in [9.17, 15) is 14.7 Å². The summed E-state index contributed by atoms with van der Waals surface area (Å²) in [7, 11) is 0. The molecule has 5 heteroatoms. The van der Waals surface area contributed by atoms with Gasteiger partial charge in [0.1, 0.15) is 6.61 Å². The lowest BCUT2D eigenvalue weighted by Gasteiger charge is -2.15. The number of unbranched alkanes of at least 4 members (excludes halogenated alkanes) is 42. The fourth-order valence-corrected chi connectivity index (χ4v) is 8.38. The van der Waals surface area contributed by atoms with Crippen molar-refractivity contribution >= 4 is 11.9 Å². The van der Waals surface area contributed by atoms with Gasteiger partial charge < -0.3 is 14.6 Å². The highest BCUT2D eigenvalue weighted by Crippen LogP contribution is 2.18. The van der Waals surface area contributed by atoms with Gasteiger partial charge in [-0.05, 0) is 12.8 Å². The van der Waals surface area contributed by atoms with Gasteiger partial charge in [0.05, 0.1) is 6.61 Å². The largest absolute Gasteiger partial charge is 0.462 e. The van der Waals surface area contributed by atoms with E-state index in [4.69, 9.17) is 9.47 Å². The number of aliphatic hydroxyl groups is 1. The molecular weight excluding hydrogens is 717 g/mol. The quantitative estimate of drug-likeness (QED) is 0.0489. The van der Waals surface area contributed by atoms with E-state index in [1.165, 1.54) is 250 Å². The first-order valence-corrected chi connectivity index (χ1v) is 26.6. The van der Waals surface area contributed by atoms with Gasteiger partial charge in [0, 0.05) is 12.8 Å². The molecule has 5 nitrogen and oxygen atoms in total. The van der Waals surface area contributed by atoms with Crippen LogP contribution in [0.1, 0.15) is 309 Å². The predicted octanol–water partition coefficient (Wildman–Crippen LogP) is 17.4. The number of hydrogen-bond acceptors (Lipinski definition) is 5. The van der Waals surface area contributed by atoms with Crippen LogP contribution in [0.5, 0.6) is 0 Å². The van der Waals surface area contributed by atoms with Crippen molar-refractivity contribution in [3.63, 3.8) is 0 Å². The Kier molecular flexibility index (Phi) is 49.3. The maximum atomic E-state index is 12.3. The lowest BCUT2D eigenvalue weighted by atomic mass is 10.0. The molecule has 0 spiro atoms. The van der Waals surface area contributed by atoms with E-state index < -0.39 is 6.10 Å². The molecule has 0 aliphatic carbocycles. The van der Waals surface area contributed by atoms with Crippen molar-refractivity contribution in [3.05, 3.63) is 0 Å². The van der Waals surface area contributed by atoms with Gasteiger partial charge in [-0.1, -0.05) is 284 Å². The molecule has 0 saturated carbocycles. The van der Waals surface area contributed by atoms with Crippen LogP contribution >= 0.6 is 0 Å². The number of ether oxygens (including phenoxy) is 2. The molecule has 1 unspecified atom stereocenters. The minimum absolute atomic E-state index is 0.0559. The summed E-state index contributed by atoms with van der Waals surface area (Å²) < 4.78 is 10.7. The summed E-state index contributed by atoms with van der Waals surface area (Å²) >= 11 is 0. The summed E-state index contributed by atoms with van der Waals surface area (Å²) in [5, 5.41) is 9.63. The summed E-state index contributed by atoms with van der Waals surface area (Å²) in [5.74, 6) is -0.565. The van der Waals surface area contributed by atoms with E-state index in [0.717, 1.165) is 32.1 Å². The molecule has 0 amide bonds. The first-order valence-electron chi connectivity index (χ1n) is 26.6. The van der Waals surface area contributed by atoms with E-state index in [1.54, 1.807) is 0 Å². The number of rotatable bonds is 50. The van der Waals surface area contributed by atoms with Crippen LogP contribution in [0, 0.1) is 0 Å². The smallest absolute Gasteiger partial charge is 0.306 e. The van der Waals surface area contributed by atoms with Crippen molar-refractivity contribution in [3.8, 4) is 0 Å². The highest BCUT2D eigenvalue weighted by Gasteiger charge is 2.16. The zero-order chi connectivity index (χ0) is 42.1. The van der Waals surface area contributed by atoms with Crippen LogP contribution in [0.4, 0.5) is 0 Å². The van der Waals surface area contributed by atoms with Crippen molar-refractivity contribution in [1.82, 2.24) is 0 Å². The third-order valence-corrected chi connectivity index (χ3v) is 12.4. The van der Waals surface area contributed by atoms with Gasteiger partial charge in [0.25, 0.3) is 0 Å². The summed E-state index contributed by atoms with van der Waals surface area (Å²) in [6.07, 6.45) is 59.3. The number of carbonyl (C=O) groups excluding carboxylic acids is 2. The van der Waals surface area contributed by atoms with E-state index >= 15 is 0 Å². The number of hydrogen-bond donors (Lipinski definition) is 1. The molecule has 0 fully saturated rings. The Morgan fingerprint density at radius 2 is 0.534 bits per heavy atom. The van der Waals surface area contributed by atoms with E-state index in [2.05, 4.69) is 13.8 Å². The van der Waals surface area contributed by atoms with Crippen LogP contribution in [-0.4, -0.2) is 36.4 Å². The molecule has 0 bridgehead atoms. The lowest BCUT2D eigenvalue weighted by Crippen LogP contribution is -2.28. The lowest BCUT2D eigenvalue weighted by molar-refractivity contribution is -0.161. The molecule has 1 N–H and O–H groups in total. The van der Waals surface area contributed by atoms with Crippen molar-refractivity contribution < 1.29 is 24.2 Å². The zero-order valence-electron chi connectivity index (χ0n) is 39.6. The molecule has 0 aliphatic rings. The third kappa shape index (κ3) is 47.6. The molecule has 0 aromatic heterocycles. The van der Waals surface area contributed by atoms with Crippen LogP contribution < -0.4 is 0 Å². The second kappa shape index (κ2) is 50.3. The highest BCUT2D eigenvalue weighted by molar-refractivity contribution is 5.70. The molecule has 0 heterocycles. The fourth-order valence-electron chi connectivity index (χ4n) is 8.38.